The monoisotopic (exact) mass is 287 g/mol. The summed E-state index contributed by atoms with van der Waals surface area (Å²) >= 11 is 8.03. The van der Waals surface area contributed by atoms with Crippen LogP contribution >= 0.6 is 23.4 Å². The third-order valence-corrected chi connectivity index (χ3v) is 5.05. The number of benzene rings is 1. The molecule has 1 aliphatic rings. The molecule has 3 atom stereocenters. The van der Waals surface area contributed by atoms with Gasteiger partial charge >= 0.3 is 0 Å². The Morgan fingerprint density at radius 2 is 2.22 bits per heavy atom. The molecule has 3 unspecified atom stereocenters. The predicted octanol–water partition coefficient (Wildman–Crippen LogP) is 4.41. The Kier molecular flexibility index (Phi) is 4.93. The molecule has 0 heterocycles. The lowest BCUT2D eigenvalue weighted by molar-refractivity contribution is 0.461. The molecule has 0 bridgehead atoms. The molecule has 1 nitrogen and oxygen atoms in total. The molecule has 1 saturated carbocycles. The summed E-state index contributed by atoms with van der Waals surface area (Å²) in [5.74, 6) is -0.278. The van der Waals surface area contributed by atoms with E-state index in [-0.39, 0.29) is 11.9 Å². The van der Waals surface area contributed by atoms with Crippen molar-refractivity contribution in [3.8, 4) is 0 Å². The van der Waals surface area contributed by atoms with Crippen LogP contribution < -0.4 is 5.32 Å². The molecule has 4 heteroatoms. The molecule has 0 radical (unpaired) electrons. The van der Waals surface area contributed by atoms with E-state index >= 15 is 0 Å². The standard InChI is InChI=1S/C14H19ClFNS/c1-9(13-6-3-10(16)7-14(13)15)17-11-4-5-12(8-11)18-2/h3,6-7,9,11-12,17H,4-5,8H2,1-2H3. The smallest absolute Gasteiger partial charge is 0.124 e. The van der Waals surface area contributed by atoms with Gasteiger partial charge in [-0.15, -0.1) is 0 Å². The number of nitrogens with one attached hydrogen (secondary N) is 1. The van der Waals surface area contributed by atoms with Crippen molar-refractivity contribution in [2.75, 3.05) is 6.26 Å². The molecule has 0 saturated heterocycles. The quantitative estimate of drug-likeness (QED) is 0.880. The first-order chi connectivity index (χ1) is 8.60. The van der Waals surface area contributed by atoms with Gasteiger partial charge in [-0.25, -0.2) is 4.39 Å². The molecule has 0 aliphatic heterocycles. The highest BCUT2D eigenvalue weighted by molar-refractivity contribution is 7.99. The Bertz CT molecular complexity index is 413. The zero-order chi connectivity index (χ0) is 13.1. The third-order valence-electron chi connectivity index (χ3n) is 3.63. The first-order valence-corrected chi connectivity index (χ1v) is 8.00. The van der Waals surface area contributed by atoms with Crippen LogP contribution in [0.2, 0.25) is 5.02 Å². The molecule has 1 aromatic rings. The zero-order valence-corrected chi connectivity index (χ0v) is 12.3. The van der Waals surface area contributed by atoms with Crippen molar-refractivity contribution < 1.29 is 4.39 Å². The second-order valence-electron chi connectivity index (χ2n) is 4.92. The van der Waals surface area contributed by atoms with Gasteiger partial charge in [-0.05, 0) is 50.1 Å². The second-order valence-corrected chi connectivity index (χ2v) is 6.47. The molecule has 18 heavy (non-hydrogen) atoms. The summed E-state index contributed by atoms with van der Waals surface area (Å²) in [6.45, 7) is 2.09. The fourth-order valence-corrected chi connectivity index (χ4v) is 3.73. The largest absolute Gasteiger partial charge is 0.307 e. The first-order valence-electron chi connectivity index (χ1n) is 6.34. The Hall–Kier alpha value is -0.250. The number of thioether (sulfide) groups is 1. The molecular weight excluding hydrogens is 269 g/mol. The van der Waals surface area contributed by atoms with Gasteiger partial charge in [0.1, 0.15) is 5.82 Å². The summed E-state index contributed by atoms with van der Waals surface area (Å²) in [6.07, 6.45) is 5.88. The SMILES string of the molecule is CSC1CCC(NC(C)c2ccc(F)cc2Cl)C1. The maximum Gasteiger partial charge on any atom is 0.124 e. The van der Waals surface area contributed by atoms with Gasteiger partial charge in [0.25, 0.3) is 0 Å². The zero-order valence-electron chi connectivity index (χ0n) is 10.7. The molecular formula is C14H19ClFNS. The van der Waals surface area contributed by atoms with Gasteiger partial charge in [0.05, 0.1) is 0 Å². The number of hydrogen-bond acceptors (Lipinski definition) is 2. The average molecular weight is 288 g/mol. The van der Waals surface area contributed by atoms with Crippen LogP contribution in [0.25, 0.3) is 0 Å². The van der Waals surface area contributed by atoms with E-state index < -0.39 is 0 Å². The highest BCUT2D eigenvalue weighted by Crippen LogP contribution is 2.31. The lowest BCUT2D eigenvalue weighted by Crippen LogP contribution is -2.29. The molecule has 100 valence electrons. The van der Waals surface area contributed by atoms with E-state index in [0.29, 0.717) is 11.1 Å². The number of hydrogen-bond donors (Lipinski definition) is 1. The van der Waals surface area contributed by atoms with Crippen LogP contribution in [-0.2, 0) is 0 Å². The molecule has 1 aliphatic carbocycles. The first kappa shape index (κ1) is 14.2. The van der Waals surface area contributed by atoms with Crippen LogP contribution in [0.5, 0.6) is 0 Å². The summed E-state index contributed by atoms with van der Waals surface area (Å²) < 4.78 is 13.0. The van der Waals surface area contributed by atoms with Gasteiger partial charge in [0.15, 0.2) is 0 Å². The topological polar surface area (TPSA) is 12.0 Å². The normalized spacial score (nSPS) is 25.3. The van der Waals surface area contributed by atoms with E-state index in [1.54, 1.807) is 6.07 Å². The summed E-state index contributed by atoms with van der Waals surface area (Å²) in [7, 11) is 0. The minimum Gasteiger partial charge on any atom is -0.307 e. The van der Waals surface area contributed by atoms with Crippen molar-refractivity contribution in [2.45, 2.75) is 43.5 Å². The van der Waals surface area contributed by atoms with E-state index in [9.17, 15) is 4.39 Å². The van der Waals surface area contributed by atoms with Gasteiger partial charge in [0, 0.05) is 22.4 Å². The van der Waals surface area contributed by atoms with Crippen LogP contribution in [0, 0.1) is 5.82 Å². The molecule has 1 aromatic carbocycles. The van der Waals surface area contributed by atoms with Crippen molar-refractivity contribution in [1.82, 2.24) is 5.32 Å². The van der Waals surface area contributed by atoms with Crippen molar-refractivity contribution >= 4 is 23.4 Å². The number of rotatable bonds is 4. The van der Waals surface area contributed by atoms with E-state index in [1.165, 1.54) is 31.4 Å². The molecule has 2 rings (SSSR count). The van der Waals surface area contributed by atoms with Crippen molar-refractivity contribution in [2.24, 2.45) is 0 Å². The average Bonchev–Trinajstić information content (AvgIpc) is 2.76. The third kappa shape index (κ3) is 3.40. The number of halogens is 2. The van der Waals surface area contributed by atoms with E-state index in [2.05, 4.69) is 18.5 Å². The highest BCUT2D eigenvalue weighted by Gasteiger charge is 2.25. The maximum atomic E-state index is 13.0. The van der Waals surface area contributed by atoms with Gasteiger partial charge in [-0.1, -0.05) is 17.7 Å². The van der Waals surface area contributed by atoms with E-state index in [0.717, 1.165) is 10.8 Å². The van der Waals surface area contributed by atoms with Crippen molar-refractivity contribution in [1.29, 1.82) is 0 Å². The van der Waals surface area contributed by atoms with Crippen molar-refractivity contribution in [3.05, 3.63) is 34.6 Å². The summed E-state index contributed by atoms with van der Waals surface area (Å²) in [6, 6.07) is 5.35. The summed E-state index contributed by atoms with van der Waals surface area (Å²) in [5.41, 5.74) is 0.977. The van der Waals surface area contributed by atoms with Crippen LogP contribution in [0.4, 0.5) is 4.39 Å². The van der Waals surface area contributed by atoms with E-state index in [4.69, 9.17) is 11.6 Å². The lowest BCUT2D eigenvalue weighted by atomic mass is 10.1. The Morgan fingerprint density at radius 3 is 2.83 bits per heavy atom. The summed E-state index contributed by atoms with van der Waals surface area (Å²) in [5, 5.41) is 4.88. The molecule has 0 aromatic heterocycles. The Morgan fingerprint density at radius 1 is 1.44 bits per heavy atom. The minimum atomic E-state index is -0.278. The fraction of sp³-hybridized carbons (Fsp3) is 0.571. The maximum absolute atomic E-state index is 13.0. The fourth-order valence-electron chi connectivity index (χ4n) is 2.60. The predicted molar refractivity (Wildman–Crippen MR) is 77.9 cm³/mol. The van der Waals surface area contributed by atoms with E-state index in [1.807, 2.05) is 11.8 Å². The van der Waals surface area contributed by atoms with Crippen molar-refractivity contribution in [3.63, 3.8) is 0 Å². The minimum absolute atomic E-state index is 0.170. The lowest BCUT2D eigenvalue weighted by Gasteiger charge is -2.21. The van der Waals surface area contributed by atoms with Gasteiger partial charge in [0.2, 0.25) is 0 Å². The van der Waals surface area contributed by atoms with Crippen LogP contribution in [-0.4, -0.2) is 17.5 Å². The molecule has 0 spiro atoms. The molecule has 1 fully saturated rings. The van der Waals surface area contributed by atoms with Crippen LogP contribution in [0.3, 0.4) is 0 Å². The Labute approximate surface area is 117 Å². The highest BCUT2D eigenvalue weighted by atomic mass is 35.5. The van der Waals surface area contributed by atoms with Gasteiger partial charge in [-0.2, -0.15) is 11.8 Å². The second kappa shape index (κ2) is 6.27. The summed E-state index contributed by atoms with van der Waals surface area (Å²) in [4.78, 5) is 0. The molecule has 1 N–H and O–H groups in total. The van der Waals surface area contributed by atoms with Crippen LogP contribution in [0.15, 0.2) is 18.2 Å². The molecule has 0 amide bonds. The van der Waals surface area contributed by atoms with Gasteiger partial charge < -0.3 is 5.32 Å². The van der Waals surface area contributed by atoms with Crippen LogP contribution in [0.1, 0.15) is 37.8 Å². The van der Waals surface area contributed by atoms with Gasteiger partial charge in [-0.3, -0.25) is 0 Å². The Balaban J connectivity index is 1.97.